The number of nitrogens with zero attached hydrogens (tertiary/aromatic N) is 1. The van der Waals surface area contributed by atoms with Crippen molar-refractivity contribution in [3.63, 3.8) is 0 Å². The molecule has 0 atom stereocenters. The lowest BCUT2D eigenvalue weighted by molar-refractivity contribution is 0.256. The second-order valence-corrected chi connectivity index (χ2v) is 5.76. The van der Waals surface area contributed by atoms with Crippen LogP contribution in [0.2, 0.25) is 0 Å². The van der Waals surface area contributed by atoms with Gasteiger partial charge in [0.2, 0.25) is 0 Å². The molecule has 0 heterocycles. The Labute approximate surface area is 106 Å². The first-order valence-electron chi connectivity index (χ1n) is 6.96. The summed E-state index contributed by atoms with van der Waals surface area (Å²) in [4.78, 5) is 2.47. The van der Waals surface area contributed by atoms with Crippen LogP contribution >= 0.6 is 0 Å². The minimum atomic E-state index is 0.743. The highest BCUT2D eigenvalue weighted by Gasteiger charge is 2.25. The summed E-state index contributed by atoms with van der Waals surface area (Å²) >= 11 is 0. The average Bonchev–Trinajstić information content (AvgIpc) is 2.39. The zero-order valence-electron chi connectivity index (χ0n) is 11.4. The van der Waals surface area contributed by atoms with Crippen LogP contribution in [0.3, 0.4) is 0 Å². The molecule has 1 aromatic carbocycles. The van der Waals surface area contributed by atoms with E-state index in [1.807, 2.05) is 0 Å². The number of benzene rings is 1. The summed E-state index contributed by atoms with van der Waals surface area (Å²) in [6.45, 7) is 4.73. The molecule has 1 aliphatic rings. The van der Waals surface area contributed by atoms with Crippen molar-refractivity contribution in [3.05, 3.63) is 30.3 Å². The van der Waals surface area contributed by atoms with E-state index in [2.05, 4.69) is 56.1 Å². The summed E-state index contributed by atoms with van der Waals surface area (Å²) in [6.07, 6.45) is 5.52. The second kappa shape index (κ2) is 5.57. The Balaban J connectivity index is 1.93. The molecule has 0 unspecified atom stereocenters. The Hall–Kier alpha value is -0.980. The molecule has 0 bridgehead atoms. The van der Waals surface area contributed by atoms with Crippen molar-refractivity contribution in [2.75, 3.05) is 11.9 Å². The lowest BCUT2D eigenvalue weighted by Crippen LogP contribution is -2.35. The first kappa shape index (κ1) is 12.5. The van der Waals surface area contributed by atoms with Crippen molar-refractivity contribution in [1.29, 1.82) is 0 Å². The van der Waals surface area contributed by atoms with Crippen LogP contribution in [0.5, 0.6) is 0 Å². The maximum Gasteiger partial charge on any atom is 0.0366 e. The molecule has 0 amide bonds. The van der Waals surface area contributed by atoms with Gasteiger partial charge in [-0.3, -0.25) is 0 Å². The van der Waals surface area contributed by atoms with Crippen LogP contribution in [0, 0.1) is 11.8 Å². The fraction of sp³-hybridized carbons (Fsp3) is 0.625. The smallest absolute Gasteiger partial charge is 0.0366 e. The molecule has 0 saturated heterocycles. The summed E-state index contributed by atoms with van der Waals surface area (Å²) in [5.74, 6) is 1.81. The molecule has 0 radical (unpaired) electrons. The van der Waals surface area contributed by atoms with Crippen molar-refractivity contribution in [1.82, 2.24) is 0 Å². The van der Waals surface area contributed by atoms with E-state index in [1.54, 1.807) is 0 Å². The van der Waals surface area contributed by atoms with Crippen molar-refractivity contribution in [2.24, 2.45) is 11.8 Å². The number of para-hydroxylation sites is 1. The molecule has 17 heavy (non-hydrogen) atoms. The van der Waals surface area contributed by atoms with Gasteiger partial charge in [-0.25, -0.2) is 0 Å². The van der Waals surface area contributed by atoms with Gasteiger partial charge in [0.1, 0.15) is 0 Å². The normalized spacial score (nSPS) is 24.9. The summed E-state index contributed by atoms with van der Waals surface area (Å²) in [5.41, 5.74) is 1.36. The zero-order chi connectivity index (χ0) is 12.3. The van der Waals surface area contributed by atoms with Gasteiger partial charge in [0.05, 0.1) is 0 Å². The minimum absolute atomic E-state index is 0.743. The van der Waals surface area contributed by atoms with E-state index in [9.17, 15) is 0 Å². The molecule has 0 N–H and O–H groups in total. The van der Waals surface area contributed by atoms with Crippen LogP contribution in [-0.2, 0) is 0 Å². The molecule has 0 aromatic heterocycles. The Morgan fingerprint density at radius 2 is 1.59 bits per heavy atom. The molecule has 2 rings (SSSR count). The van der Waals surface area contributed by atoms with Crippen molar-refractivity contribution >= 4 is 5.69 Å². The third kappa shape index (κ3) is 3.02. The quantitative estimate of drug-likeness (QED) is 0.748. The Morgan fingerprint density at radius 3 is 2.12 bits per heavy atom. The lowest BCUT2D eigenvalue weighted by atomic mass is 9.79. The number of hydrogen-bond acceptors (Lipinski definition) is 1. The van der Waals surface area contributed by atoms with Gasteiger partial charge in [-0.05, 0) is 49.7 Å². The van der Waals surface area contributed by atoms with E-state index in [-0.39, 0.29) is 0 Å². The fourth-order valence-electron chi connectivity index (χ4n) is 3.03. The Morgan fingerprint density at radius 1 is 1.00 bits per heavy atom. The molecule has 0 spiro atoms. The minimum Gasteiger partial charge on any atom is -0.372 e. The summed E-state index contributed by atoms with van der Waals surface area (Å²) in [5, 5.41) is 0. The molecule has 1 aromatic rings. The van der Waals surface area contributed by atoms with Gasteiger partial charge in [-0.1, -0.05) is 32.0 Å². The molecular weight excluding hydrogens is 206 g/mol. The van der Waals surface area contributed by atoms with Crippen molar-refractivity contribution in [2.45, 2.75) is 45.6 Å². The van der Waals surface area contributed by atoms with Gasteiger partial charge in [-0.2, -0.15) is 0 Å². The van der Waals surface area contributed by atoms with E-state index in [0.29, 0.717) is 0 Å². The zero-order valence-corrected chi connectivity index (χ0v) is 11.4. The van der Waals surface area contributed by atoms with E-state index < -0.39 is 0 Å². The molecule has 1 aliphatic carbocycles. The summed E-state index contributed by atoms with van der Waals surface area (Å²) < 4.78 is 0. The van der Waals surface area contributed by atoms with Crippen LogP contribution in [0.25, 0.3) is 0 Å². The second-order valence-electron chi connectivity index (χ2n) is 5.76. The van der Waals surface area contributed by atoms with Gasteiger partial charge in [0, 0.05) is 18.8 Å². The lowest BCUT2D eigenvalue weighted by Gasteiger charge is -2.37. The van der Waals surface area contributed by atoms with Gasteiger partial charge in [0.25, 0.3) is 0 Å². The largest absolute Gasteiger partial charge is 0.372 e. The standard InChI is InChI=1S/C16H25N/c1-13(2)14-9-11-16(12-10-14)17(3)15-7-5-4-6-8-15/h4-8,13-14,16H,9-12H2,1-3H3. The van der Waals surface area contributed by atoms with Crippen LogP contribution < -0.4 is 4.90 Å². The van der Waals surface area contributed by atoms with Crippen molar-refractivity contribution < 1.29 is 0 Å². The molecule has 1 fully saturated rings. The highest BCUT2D eigenvalue weighted by molar-refractivity contribution is 5.46. The van der Waals surface area contributed by atoms with Gasteiger partial charge < -0.3 is 4.90 Å². The molecule has 1 heteroatoms. The topological polar surface area (TPSA) is 3.24 Å². The van der Waals surface area contributed by atoms with E-state index >= 15 is 0 Å². The Bertz CT molecular complexity index is 323. The number of anilines is 1. The first-order valence-corrected chi connectivity index (χ1v) is 6.96. The Kier molecular flexibility index (Phi) is 4.09. The molecule has 0 aliphatic heterocycles. The fourth-order valence-corrected chi connectivity index (χ4v) is 3.03. The molecular formula is C16H25N. The van der Waals surface area contributed by atoms with Crippen LogP contribution in [0.15, 0.2) is 30.3 Å². The van der Waals surface area contributed by atoms with Gasteiger partial charge in [0.15, 0.2) is 0 Å². The van der Waals surface area contributed by atoms with E-state index in [0.717, 1.165) is 17.9 Å². The maximum atomic E-state index is 2.47. The highest BCUT2D eigenvalue weighted by Crippen LogP contribution is 2.33. The van der Waals surface area contributed by atoms with Crippen LogP contribution in [0.4, 0.5) is 5.69 Å². The van der Waals surface area contributed by atoms with E-state index in [4.69, 9.17) is 0 Å². The molecule has 94 valence electrons. The van der Waals surface area contributed by atoms with E-state index in [1.165, 1.54) is 31.4 Å². The van der Waals surface area contributed by atoms with Crippen molar-refractivity contribution in [3.8, 4) is 0 Å². The molecule has 1 nitrogen and oxygen atoms in total. The monoisotopic (exact) mass is 231 g/mol. The third-order valence-electron chi connectivity index (χ3n) is 4.40. The first-order chi connectivity index (χ1) is 8.18. The van der Waals surface area contributed by atoms with Gasteiger partial charge in [-0.15, -0.1) is 0 Å². The maximum absolute atomic E-state index is 2.47. The summed E-state index contributed by atoms with van der Waals surface area (Å²) in [7, 11) is 2.25. The van der Waals surface area contributed by atoms with Crippen LogP contribution in [0.1, 0.15) is 39.5 Å². The number of hydrogen-bond donors (Lipinski definition) is 0. The highest BCUT2D eigenvalue weighted by atomic mass is 15.1. The third-order valence-corrected chi connectivity index (χ3v) is 4.40. The summed E-state index contributed by atoms with van der Waals surface area (Å²) in [6, 6.07) is 11.5. The SMILES string of the molecule is CC(C)C1CCC(N(C)c2ccccc2)CC1. The molecule has 1 saturated carbocycles. The predicted octanol–water partition coefficient (Wildman–Crippen LogP) is 4.34. The average molecular weight is 231 g/mol. The number of rotatable bonds is 3. The predicted molar refractivity (Wildman–Crippen MR) is 75.4 cm³/mol. The van der Waals surface area contributed by atoms with Crippen LogP contribution in [-0.4, -0.2) is 13.1 Å². The van der Waals surface area contributed by atoms with Gasteiger partial charge >= 0.3 is 0 Å².